The van der Waals surface area contributed by atoms with Gasteiger partial charge in [-0.3, -0.25) is 4.79 Å². The van der Waals surface area contributed by atoms with Crippen molar-refractivity contribution in [2.75, 3.05) is 14.1 Å². The topological polar surface area (TPSA) is 54.0 Å². The Morgan fingerprint density at radius 1 is 1.46 bits per heavy atom. The number of nitrogens with one attached hydrogen (secondary N) is 2. The molecule has 4 heteroatoms. The highest BCUT2D eigenvalue weighted by molar-refractivity contribution is 5.91. The minimum Gasteiger partial charge on any atom is -0.354 e. The molecule has 1 rings (SSSR count). The van der Waals surface area contributed by atoms with Gasteiger partial charge in [0.2, 0.25) is 0 Å². The summed E-state index contributed by atoms with van der Waals surface area (Å²) in [6.07, 6.45) is 0. The van der Waals surface area contributed by atoms with E-state index in [1.165, 1.54) is 0 Å². The van der Waals surface area contributed by atoms with E-state index in [-0.39, 0.29) is 5.91 Å². The Morgan fingerprint density at radius 3 is 2.85 bits per heavy atom. The molecule has 0 bridgehead atoms. The number of amides is 1. The molecule has 0 atom stereocenters. The first-order valence-corrected chi connectivity index (χ1v) is 4.10. The predicted molar refractivity (Wildman–Crippen MR) is 50.4 cm³/mol. The molecule has 4 nitrogen and oxygen atoms in total. The number of carbonyl (C=O) groups is 1. The lowest BCUT2D eigenvalue weighted by Crippen LogP contribution is -2.20. The van der Waals surface area contributed by atoms with E-state index in [4.69, 9.17) is 0 Å². The summed E-state index contributed by atoms with van der Waals surface area (Å²) in [6.45, 7) is 0.671. The van der Waals surface area contributed by atoms with E-state index in [0.29, 0.717) is 12.2 Å². The Kier molecular flexibility index (Phi) is 3.40. The van der Waals surface area contributed by atoms with Gasteiger partial charge in [-0.2, -0.15) is 0 Å². The lowest BCUT2D eigenvalue weighted by atomic mass is 10.3. The molecule has 13 heavy (non-hydrogen) atoms. The van der Waals surface area contributed by atoms with Gasteiger partial charge in [0, 0.05) is 13.6 Å². The van der Waals surface area contributed by atoms with Crippen LogP contribution < -0.4 is 10.6 Å². The van der Waals surface area contributed by atoms with Crippen LogP contribution in [0.1, 0.15) is 16.2 Å². The van der Waals surface area contributed by atoms with E-state index in [9.17, 15) is 4.79 Å². The third-order valence-corrected chi connectivity index (χ3v) is 1.62. The van der Waals surface area contributed by atoms with Crippen molar-refractivity contribution in [2.45, 2.75) is 6.54 Å². The summed E-state index contributed by atoms with van der Waals surface area (Å²) in [5, 5.41) is 5.50. The van der Waals surface area contributed by atoms with Crippen molar-refractivity contribution in [3.05, 3.63) is 29.6 Å². The number of rotatable bonds is 3. The van der Waals surface area contributed by atoms with Crippen molar-refractivity contribution in [1.82, 2.24) is 15.6 Å². The highest BCUT2D eigenvalue weighted by atomic mass is 16.1. The van der Waals surface area contributed by atoms with Crippen molar-refractivity contribution in [1.29, 1.82) is 0 Å². The molecule has 0 aliphatic heterocycles. The van der Waals surface area contributed by atoms with E-state index in [0.717, 1.165) is 5.69 Å². The fraction of sp³-hybridized carbons (Fsp3) is 0.333. The molecule has 0 radical (unpaired) electrons. The van der Waals surface area contributed by atoms with Crippen LogP contribution in [-0.4, -0.2) is 25.0 Å². The molecule has 70 valence electrons. The number of pyridine rings is 1. The number of hydrogen-bond donors (Lipinski definition) is 2. The maximum absolute atomic E-state index is 11.2. The Balaban J connectivity index is 2.85. The molecule has 0 spiro atoms. The van der Waals surface area contributed by atoms with E-state index >= 15 is 0 Å². The third-order valence-electron chi connectivity index (χ3n) is 1.62. The molecule has 0 aliphatic carbocycles. The van der Waals surface area contributed by atoms with E-state index in [1.807, 2.05) is 19.2 Å². The van der Waals surface area contributed by atoms with Crippen molar-refractivity contribution < 1.29 is 4.79 Å². The first-order valence-electron chi connectivity index (χ1n) is 4.10. The van der Waals surface area contributed by atoms with Crippen LogP contribution in [0.15, 0.2) is 18.2 Å². The average Bonchev–Trinajstić information content (AvgIpc) is 2.18. The van der Waals surface area contributed by atoms with Crippen LogP contribution in [0.25, 0.3) is 0 Å². The molecule has 1 aromatic heterocycles. The van der Waals surface area contributed by atoms with Crippen molar-refractivity contribution >= 4 is 5.91 Å². The van der Waals surface area contributed by atoms with E-state index in [1.54, 1.807) is 13.1 Å². The smallest absolute Gasteiger partial charge is 0.269 e. The van der Waals surface area contributed by atoms with Gasteiger partial charge in [0.15, 0.2) is 0 Å². The zero-order chi connectivity index (χ0) is 9.68. The predicted octanol–water partition coefficient (Wildman–Crippen LogP) is 0.161. The highest BCUT2D eigenvalue weighted by Crippen LogP contribution is 1.98. The number of hydrogen-bond acceptors (Lipinski definition) is 3. The number of nitrogens with zero attached hydrogens (tertiary/aromatic N) is 1. The van der Waals surface area contributed by atoms with Gasteiger partial charge in [0.25, 0.3) is 5.91 Å². The second-order valence-electron chi connectivity index (χ2n) is 2.62. The summed E-state index contributed by atoms with van der Waals surface area (Å²) in [4.78, 5) is 15.3. The van der Waals surface area contributed by atoms with Crippen LogP contribution in [0.3, 0.4) is 0 Å². The number of carbonyl (C=O) groups excluding carboxylic acids is 1. The van der Waals surface area contributed by atoms with Crippen LogP contribution >= 0.6 is 0 Å². The second-order valence-corrected chi connectivity index (χ2v) is 2.62. The third kappa shape index (κ3) is 2.52. The fourth-order valence-electron chi connectivity index (χ4n) is 1.01. The molecule has 0 saturated heterocycles. The van der Waals surface area contributed by atoms with Crippen molar-refractivity contribution in [2.24, 2.45) is 0 Å². The zero-order valence-corrected chi connectivity index (χ0v) is 7.79. The van der Waals surface area contributed by atoms with Gasteiger partial charge >= 0.3 is 0 Å². The minimum absolute atomic E-state index is 0.155. The largest absolute Gasteiger partial charge is 0.354 e. The van der Waals surface area contributed by atoms with Gasteiger partial charge in [-0.15, -0.1) is 0 Å². The van der Waals surface area contributed by atoms with E-state index < -0.39 is 0 Å². The van der Waals surface area contributed by atoms with Gasteiger partial charge in [-0.05, 0) is 19.2 Å². The van der Waals surface area contributed by atoms with Gasteiger partial charge in [0.05, 0.1) is 5.69 Å². The standard InChI is InChI=1S/C9H13N3O/c1-10-6-7-4-3-5-8(12-7)9(13)11-2/h3-5,10H,6H2,1-2H3,(H,11,13). The number of aromatic nitrogens is 1. The molecule has 0 aliphatic rings. The summed E-state index contributed by atoms with van der Waals surface area (Å²) in [7, 11) is 3.43. The van der Waals surface area contributed by atoms with Gasteiger partial charge in [0.1, 0.15) is 5.69 Å². The van der Waals surface area contributed by atoms with Gasteiger partial charge in [-0.1, -0.05) is 6.07 Å². The Morgan fingerprint density at radius 2 is 2.23 bits per heavy atom. The van der Waals surface area contributed by atoms with Crippen LogP contribution in [0.2, 0.25) is 0 Å². The molecule has 1 aromatic rings. The quantitative estimate of drug-likeness (QED) is 0.695. The van der Waals surface area contributed by atoms with Gasteiger partial charge in [-0.25, -0.2) is 4.98 Å². The summed E-state index contributed by atoms with van der Waals surface area (Å²) in [5.41, 5.74) is 1.32. The molecule has 0 unspecified atom stereocenters. The summed E-state index contributed by atoms with van der Waals surface area (Å²) in [6, 6.07) is 5.39. The van der Waals surface area contributed by atoms with Crippen molar-refractivity contribution in [3.63, 3.8) is 0 Å². The van der Waals surface area contributed by atoms with Crippen molar-refractivity contribution in [3.8, 4) is 0 Å². The maximum atomic E-state index is 11.2. The lowest BCUT2D eigenvalue weighted by Gasteiger charge is -2.02. The second kappa shape index (κ2) is 4.57. The molecule has 0 fully saturated rings. The van der Waals surface area contributed by atoms with Crippen LogP contribution in [-0.2, 0) is 6.54 Å². The molecule has 1 heterocycles. The maximum Gasteiger partial charge on any atom is 0.269 e. The zero-order valence-electron chi connectivity index (χ0n) is 7.79. The SMILES string of the molecule is CNCc1cccc(C(=O)NC)n1. The monoisotopic (exact) mass is 179 g/mol. The summed E-state index contributed by atoms with van der Waals surface area (Å²) >= 11 is 0. The van der Waals surface area contributed by atoms with Crippen LogP contribution in [0.5, 0.6) is 0 Å². The Bertz CT molecular complexity index is 299. The molecule has 1 amide bonds. The molecular formula is C9H13N3O. The average molecular weight is 179 g/mol. The van der Waals surface area contributed by atoms with Gasteiger partial charge < -0.3 is 10.6 Å². The molecule has 2 N–H and O–H groups in total. The Labute approximate surface area is 77.4 Å². The van der Waals surface area contributed by atoms with Crippen LogP contribution in [0, 0.1) is 0 Å². The lowest BCUT2D eigenvalue weighted by molar-refractivity contribution is 0.0958. The molecule has 0 saturated carbocycles. The Hall–Kier alpha value is -1.42. The fourth-order valence-corrected chi connectivity index (χ4v) is 1.01. The van der Waals surface area contributed by atoms with Crippen LogP contribution in [0.4, 0.5) is 0 Å². The normalized spacial score (nSPS) is 9.69. The minimum atomic E-state index is -0.155. The summed E-state index contributed by atoms with van der Waals surface area (Å²) < 4.78 is 0. The van der Waals surface area contributed by atoms with E-state index in [2.05, 4.69) is 15.6 Å². The first kappa shape index (κ1) is 9.67. The first-order chi connectivity index (χ1) is 6.27. The highest BCUT2D eigenvalue weighted by Gasteiger charge is 2.04. The molecular weight excluding hydrogens is 166 g/mol. The molecule has 0 aromatic carbocycles. The summed E-state index contributed by atoms with van der Waals surface area (Å²) in [5.74, 6) is -0.155.